The zero-order chi connectivity index (χ0) is 14.5. The lowest BCUT2D eigenvalue weighted by atomic mass is 10.1. The van der Waals surface area contributed by atoms with Crippen LogP contribution in [0.1, 0.15) is 24.1 Å². The lowest BCUT2D eigenvalue weighted by Crippen LogP contribution is -2.15. The van der Waals surface area contributed by atoms with Gasteiger partial charge in [-0.15, -0.1) is 0 Å². The minimum absolute atomic E-state index is 0.00901. The third kappa shape index (κ3) is 3.65. The molecule has 3 N–H and O–H groups in total. The molecule has 104 valence electrons. The van der Waals surface area contributed by atoms with Gasteiger partial charge in [0, 0.05) is 11.7 Å². The van der Waals surface area contributed by atoms with Crippen molar-refractivity contribution in [1.82, 2.24) is 0 Å². The average Bonchev–Trinajstić information content (AvgIpc) is 2.41. The number of benzene rings is 2. The smallest absolute Gasteiger partial charge is 0.228 e. The van der Waals surface area contributed by atoms with Crippen LogP contribution in [-0.4, -0.2) is 5.91 Å². The Hall–Kier alpha value is -2.20. The summed E-state index contributed by atoms with van der Waals surface area (Å²) in [5, 5.41) is 2.75. The maximum atomic E-state index is 13.5. The Morgan fingerprint density at radius 1 is 1.25 bits per heavy atom. The second-order valence-corrected chi connectivity index (χ2v) is 4.73. The van der Waals surface area contributed by atoms with E-state index in [-0.39, 0.29) is 24.2 Å². The molecule has 0 heterocycles. The molecule has 1 atom stereocenters. The summed E-state index contributed by atoms with van der Waals surface area (Å²) in [5.74, 6) is -0.621. The van der Waals surface area contributed by atoms with Gasteiger partial charge in [0.05, 0.1) is 6.42 Å². The van der Waals surface area contributed by atoms with Gasteiger partial charge < -0.3 is 11.1 Å². The Labute approximate surface area is 117 Å². The summed E-state index contributed by atoms with van der Waals surface area (Å²) >= 11 is 0. The number of rotatable bonds is 4. The van der Waals surface area contributed by atoms with Crippen LogP contribution >= 0.6 is 0 Å². The molecule has 2 aromatic carbocycles. The Bertz CT molecular complexity index is 611. The Balaban J connectivity index is 2.05. The first-order valence-electron chi connectivity index (χ1n) is 6.45. The standard InChI is InChI=1S/C16H17FN2O/c1-11(18)12-6-4-7-14(9-12)19-16(20)10-13-5-2-3-8-15(13)17/h2-9,11H,10,18H2,1H3,(H,19,20). The highest BCUT2D eigenvalue weighted by Gasteiger charge is 2.08. The van der Waals surface area contributed by atoms with Crippen molar-refractivity contribution < 1.29 is 9.18 Å². The minimum Gasteiger partial charge on any atom is -0.326 e. The highest BCUT2D eigenvalue weighted by molar-refractivity contribution is 5.92. The van der Waals surface area contributed by atoms with Gasteiger partial charge in [0.25, 0.3) is 0 Å². The summed E-state index contributed by atoms with van der Waals surface area (Å²) in [6.07, 6.45) is 0.00901. The Kier molecular flexibility index (Phi) is 4.48. The van der Waals surface area contributed by atoms with Crippen molar-refractivity contribution in [1.29, 1.82) is 0 Å². The van der Waals surface area contributed by atoms with Gasteiger partial charge in [-0.05, 0) is 36.2 Å². The summed E-state index contributed by atoms with van der Waals surface area (Å²) in [6, 6.07) is 13.5. The van der Waals surface area contributed by atoms with E-state index in [1.54, 1.807) is 24.3 Å². The van der Waals surface area contributed by atoms with E-state index in [4.69, 9.17) is 5.73 Å². The van der Waals surface area contributed by atoms with Crippen molar-refractivity contribution in [2.45, 2.75) is 19.4 Å². The fraction of sp³-hybridized carbons (Fsp3) is 0.188. The summed E-state index contributed by atoms with van der Waals surface area (Å²) < 4.78 is 13.5. The highest BCUT2D eigenvalue weighted by atomic mass is 19.1. The predicted octanol–water partition coefficient (Wildman–Crippen LogP) is 3.03. The molecule has 1 amide bonds. The molecule has 1 unspecified atom stereocenters. The van der Waals surface area contributed by atoms with Crippen LogP contribution in [0.4, 0.5) is 10.1 Å². The van der Waals surface area contributed by atoms with E-state index in [1.165, 1.54) is 6.07 Å². The molecule has 4 heteroatoms. The molecule has 3 nitrogen and oxygen atoms in total. The van der Waals surface area contributed by atoms with Gasteiger partial charge in [0.15, 0.2) is 0 Å². The van der Waals surface area contributed by atoms with Gasteiger partial charge in [0.1, 0.15) is 5.82 Å². The molecule has 0 aromatic heterocycles. The molecule has 0 bridgehead atoms. The number of amides is 1. The number of carbonyl (C=O) groups is 1. The molecular weight excluding hydrogens is 255 g/mol. The van der Waals surface area contributed by atoms with E-state index in [2.05, 4.69) is 5.32 Å². The zero-order valence-electron chi connectivity index (χ0n) is 11.3. The quantitative estimate of drug-likeness (QED) is 0.898. The van der Waals surface area contributed by atoms with Crippen LogP contribution in [0, 0.1) is 5.82 Å². The zero-order valence-corrected chi connectivity index (χ0v) is 11.3. The van der Waals surface area contributed by atoms with Gasteiger partial charge in [0.2, 0.25) is 5.91 Å². The van der Waals surface area contributed by atoms with Crippen LogP contribution in [0.15, 0.2) is 48.5 Å². The van der Waals surface area contributed by atoms with E-state index < -0.39 is 0 Å². The van der Waals surface area contributed by atoms with Crippen LogP contribution < -0.4 is 11.1 Å². The van der Waals surface area contributed by atoms with E-state index in [9.17, 15) is 9.18 Å². The second-order valence-electron chi connectivity index (χ2n) is 4.73. The number of nitrogens with one attached hydrogen (secondary N) is 1. The lowest BCUT2D eigenvalue weighted by molar-refractivity contribution is -0.115. The van der Waals surface area contributed by atoms with Crippen molar-refractivity contribution in [3.8, 4) is 0 Å². The molecule has 0 saturated heterocycles. The fourth-order valence-electron chi connectivity index (χ4n) is 1.92. The molecular formula is C16H17FN2O. The third-order valence-electron chi connectivity index (χ3n) is 3.01. The first-order valence-corrected chi connectivity index (χ1v) is 6.45. The normalized spacial score (nSPS) is 11.9. The van der Waals surface area contributed by atoms with Crippen LogP contribution in [0.3, 0.4) is 0 Å². The molecule has 0 aliphatic rings. The molecule has 2 rings (SSSR count). The van der Waals surface area contributed by atoms with Crippen LogP contribution in [0.5, 0.6) is 0 Å². The lowest BCUT2D eigenvalue weighted by Gasteiger charge is -2.10. The topological polar surface area (TPSA) is 55.1 Å². The first-order chi connectivity index (χ1) is 9.56. The van der Waals surface area contributed by atoms with Crippen molar-refractivity contribution in [3.05, 3.63) is 65.5 Å². The monoisotopic (exact) mass is 272 g/mol. The fourth-order valence-corrected chi connectivity index (χ4v) is 1.92. The SMILES string of the molecule is CC(N)c1cccc(NC(=O)Cc2ccccc2F)c1. The molecule has 20 heavy (non-hydrogen) atoms. The Morgan fingerprint density at radius 3 is 2.70 bits per heavy atom. The molecule has 2 aromatic rings. The van der Waals surface area contributed by atoms with E-state index in [0.717, 1.165) is 5.56 Å². The molecule has 0 spiro atoms. The summed E-state index contributed by atoms with van der Waals surface area (Å²) in [7, 11) is 0. The summed E-state index contributed by atoms with van der Waals surface area (Å²) in [5.41, 5.74) is 7.78. The maximum Gasteiger partial charge on any atom is 0.228 e. The van der Waals surface area contributed by atoms with Crippen LogP contribution in [0.25, 0.3) is 0 Å². The number of hydrogen-bond acceptors (Lipinski definition) is 2. The second kappa shape index (κ2) is 6.30. The van der Waals surface area contributed by atoms with Crippen molar-refractivity contribution >= 4 is 11.6 Å². The molecule has 0 radical (unpaired) electrons. The highest BCUT2D eigenvalue weighted by Crippen LogP contribution is 2.16. The molecule has 0 saturated carbocycles. The van der Waals surface area contributed by atoms with Crippen LogP contribution in [-0.2, 0) is 11.2 Å². The van der Waals surface area contributed by atoms with Gasteiger partial charge >= 0.3 is 0 Å². The van der Waals surface area contributed by atoms with Gasteiger partial charge in [-0.25, -0.2) is 4.39 Å². The maximum absolute atomic E-state index is 13.5. The molecule has 0 fully saturated rings. The van der Waals surface area contributed by atoms with E-state index >= 15 is 0 Å². The summed E-state index contributed by atoms with van der Waals surface area (Å²) in [4.78, 5) is 11.9. The first kappa shape index (κ1) is 14.2. The minimum atomic E-state index is -0.369. The van der Waals surface area contributed by atoms with Crippen molar-refractivity contribution in [2.75, 3.05) is 5.32 Å². The number of carbonyl (C=O) groups excluding carboxylic acids is 1. The Morgan fingerprint density at radius 2 is 2.00 bits per heavy atom. The molecule has 0 aliphatic heterocycles. The largest absolute Gasteiger partial charge is 0.326 e. The van der Waals surface area contributed by atoms with Crippen molar-refractivity contribution in [3.63, 3.8) is 0 Å². The average molecular weight is 272 g/mol. The number of halogens is 1. The predicted molar refractivity (Wildman–Crippen MR) is 77.8 cm³/mol. The number of nitrogens with two attached hydrogens (primary N) is 1. The van der Waals surface area contributed by atoms with Gasteiger partial charge in [-0.2, -0.15) is 0 Å². The number of hydrogen-bond donors (Lipinski definition) is 2. The molecule has 0 aliphatic carbocycles. The summed E-state index contributed by atoms with van der Waals surface area (Å²) in [6.45, 7) is 1.88. The van der Waals surface area contributed by atoms with Crippen molar-refractivity contribution in [2.24, 2.45) is 5.73 Å². The van der Waals surface area contributed by atoms with E-state index in [1.807, 2.05) is 25.1 Å². The van der Waals surface area contributed by atoms with Gasteiger partial charge in [-0.1, -0.05) is 30.3 Å². The van der Waals surface area contributed by atoms with Crippen LogP contribution in [0.2, 0.25) is 0 Å². The van der Waals surface area contributed by atoms with Gasteiger partial charge in [-0.3, -0.25) is 4.79 Å². The number of anilines is 1. The third-order valence-corrected chi connectivity index (χ3v) is 3.01. The van der Waals surface area contributed by atoms with E-state index in [0.29, 0.717) is 11.3 Å².